The van der Waals surface area contributed by atoms with Gasteiger partial charge in [0.2, 0.25) is 24.0 Å². The van der Waals surface area contributed by atoms with Gasteiger partial charge < -0.3 is 30.3 Å². The SMILES string of the molecule is CC(=O)Nc1ccc(C(=O)NC(C)C(=O)N2CCCC2C(=O)NC2CC(=O)O[C@H]2O[C@H]2C[C@@H](C)CC[C@@H]2C(C)C)cc1Cl. The number of hydrogen-bond donors (Lipinski definition) is 3. The van der Waals surface area contributed by atoms with Crippen LogP contribution in [0.3, 0.4) is 0 Å². The van der Waals surface area contributed by atoms with Crippen molar-refractivity contribution < 1.29 is 33.4 Å². The molecular weight excluding hydrogens is 576 g/mol. The highest BCUT2D eigenvalue weighted by atomic mass is 35.5. The van der Waals surface area contributed by atoms with E-state index in [-0.39, 0.29) is 34.9 Å². The third kappa shape index (κ3) is 8.06. The second kappa shape index (κ2) is 14.1. The summed E-state index contributed by atoms with van der Waals surface area (Å²) in [5.74, 6) is -0.742. The summed E-state index contributed by atoms with van der Waals surface area (Å²) in [7, 11) is 0. The van der Waals surface area contributed by atoms with Gasteiger partial charge in [0.25, 0.3) is 5.91 Å². The molecule has 1 aromatic rings. The van der Waals surface area contributed by atoms with Crippen molar-refractivity contribution in [1.29, 1.82) is 0 Å². The van der Waals surface area contributed by atoms with E-state index in [1.165, 1.54) is 30.0 Å². The highest BCUT2D eigenvalue weighted by Gasteiger charge is 2.44. The van der Waals surface area contributed by atoms with E-state index < -0.39 is 42.2 Å². The number of cyclic esters (lactones) is 1. The number of hydrogen-bond acceptors (Lipinski definition) is 7. The van der Waals surface area contributed by atoms with Gasteiger partial charge in [-0.1, -0.05) is 38.8 Å². The Morgan fingerprint density at radius 2 is 1.86 bits per heavy atom. The quantitative estimate of drug-likeness (QED) is 0.359. The zero-order valence-electron chi connectivity index (χ0n) is 25.5. The zero-order chi connectivity index (χ0) is 31.4. The number of benzene rings is 1. The number of carbonyl (C=O) groups excluding carboxylic acids is 5. The lowest BCUT2D eigenvalue weighted by Crippen LogP contribution is -2.55. The van der Waals surface area contributed by atoms with Gasteiger partial charge in [0, 0.05) is 19.0 Å². The topological polar surface area (TPSA) is 143 Å². The Balaban J connectivity index is 1.36. The Morgan fingerprint density at radius 1 is 1.12 bits per heavy atom. The third-order valence-corrected chi connectivity index (χ3v) is 8.97. The van der Waals surface area contributed by atoms with Crippen LogP contribution in [0, 0.1) is 17.8 Å². The fourth-order valence-electron chi connectivity index (χ4n) is 6.34. The fraction of sp³-hybridized carbons (Fsp3) is 0.645. The van der Waals surface area contributed by atoms with E-state index in [0.29, 0.717) is 42.8 Å². The van der Waals surface area contributed by atoms with Gasteiger partial charge >= 0.3 is 5.97 Å². The molecule has 43 heavy (non-hydrogen) atoms. The van der Waals surface area contributed by atoms with E-state index in [2.05, 4.69) is 36.7 Å². The summed E-state index contributed by atoms with van der Waals surface area (Å²) in [4.78, 5) is 64.7. The number of halogens is 1. The van der Waals surface area contributed by atoms with Crippen molar-refractivity contribution in [3.8, 4) is 0 Å². The molecular formula is C31H43ClN4O7. The minimum Gasteiger partial charge on any atom is -0.433 e. The van der Waals surface area contributed by atoms with Gasteiger partial charge in [-0.2, -0.15) is 0 Å². The summed E-state index contributed by atoms with van der Waals surface area (Å²) in [6, 6.07) is 2.11. The van der Waals surface area contributed by atoms with Crippen LogP contribution in [0.5, 0.6) is 0 Å². The first-order valence-electron chi connectivity index (χ1n) is 15.2. The molecule has 7 atom stereocenters. The number of esters is 1. The van der Waals surface area contributed by atoms with Crippen LogP contribution in [0.4, 0.5) is 5.69 Å². The molecule has 3 aliphatic rings. The predicted octanol–water partition coefficient (Wildman–Crippen LogP) is 3.64. The van der Waals surface area contributed by atoms with Crippen LogP contribution >= 0.6 is 11.6 Å². The number of rotatable bonds is 9. The summed E-state index contributed by atoms with van der Waals surface area (Å²) in [5.41, 5.74) is 0.592. The maximum absolute atomic E-state index is 13.4. The van der Waals surface area contributed by atoms with E-state index in [0.717, 1.165) is 19.3 Å². The van der Waals surface area contributed by atoms with Crippen molar-refractivity contribution in [2.45, 2.75) is 104 Å². The summed E-state index contributed by atoms with van der Waals surface area (Å²) in [6.45, 7) is 9.81. The fourth-order valence-corrected chi connectivity index (χ4v) is 6.57. The highest BCUT2D eigenvalue weighted by Crippen LogP contribution is 2.37. The van der Waals surface area contributed by atoms with Crippen LogP contribution in [-0.4, -0.2) is 71.6 Å². The first-order chi connectivity index (χ1) is 20.3. The van der Waals surface area contributed by atoms with E-state index in [9.17, 15) is 24.0 Å². The lowest BCUT2D eigenvalue weighted by Gasteiger charge is -2.39. The third-order valence-electron chi connectivity index (χ3n) is 8.66. The van der Waals surface area contributed by atoms with Crippen LogP contribution in [0.15, 0.2) is 18.2 Å². The van der Waals surface area contributed by atoms with Crippen molar-refractivity contribution >= 4 is 46.9 Å². The van der Waals surface area contributed by atoms with E-state index in [4.69, 9.17) is 21.1 Å². The number of ether oxygens (including phenoxy) is 2. The summed E-state index contributed by atoms with van der Waals surface area (Å²) in [5, 5.41) is 8.36. The second-order valence-corrected chi connectivity index (χ2v) is 12.8. The molecule has 2 heterocycles. The van der Waals surface area contributed by atoms with Gasteiger partial charge in [-0.25, -0.2) is 0 Å². The van der Waals surface area contributed by atoms with Crippen LogP contribution in [0.2, 0.25) is 5.02 Å². The molecule has 0 radical (unpaired) electrons. The van der Waals surface area contributed by atoms with Crippen molar-refractivity contribution in [2.75, 3.05) is 11.9 Å². The molecule has 1 saturated carbocycles. The maximum Gasteiger partial charge on any atom is 0.310 e. The van der Waals surface area contributed by atoms with Gasteiger partial charge in [-0.05, 0) is 68.6 Å². The molecule has 3 fully saturated rings. The average Bonchev–Trinajstić information content (AvgIpc) is 3.55. The van der Waals surface area contributed by atoms with Crippen molar-refractivity contribution in [2.24, 2.45) is 17.8 Å². The van der Waals surface area contributed by atoms with E-state index >= 15 is 0 Å². The Bertz CT molecular complexity index is 1240. The molecule has 0 spiro atoms. The van der Waals surface area contributed by atoms with Crippen LogP contribution in [-0.2, 0) is 28.7 Å². The molecule has 3 unspecified atom stereocenters. The molecule has 0 aromatic heterocycles. The number of nitrogens with zero attached hydrogens (tertiary/aromatic N) is 1. The Hall–Kier alpha value is -3.18. The first-order valence-corrected chi connectivity index (χ1v) is 15.6. The smallest absolute Gasteiger partial charge is 0.310 e. The minimum absolute atomic E-state index is 0.00143. The molecule has 12 heteroatoms. The molecule has 1 aliphatic carbocycles. The van der Waals surface area contributed by atoms with E-state index in [1.54, 1.807) is 6.92 Å². The lowest BCUT2D eigenvalue weighted by atomic mass is 9.75. The number of anilines is 1. The van der Waals surface area contributed by atoms with Gasteiger partial charge in [-0.15, -0.1) is 0 Å². The summed E-state index contributed by atoms with van der Waals surface area (Å²) >= 11 is 6.19. The number of nitrogens with one attached hydrogen (secondary N) is 3. The Labute approximate surface area is 257 Å². The van der Waals surface area contributed by atoms with Gasteiger partial charge in [-0.3, -0.25) is 24.0 Å². The van der Waals surface area contributed by atoms with Crippen LogP contribution < -0.4 is 16.0 Å². The zero-order valence-corrected chi connectivity index (χ0v) is 26.2. The standard InChI is InChI=1S/C31H43ClN4O7/c1-16(2)21-10-8-17(3)13-26(21)42-31-24(15-27(38)43-31)35-29(40)25-7-6-12-36(25)30(41)18(4)33-28(39)20-9-11-23(22(32)14-20)34-19(5)37/h9,11,14,16-18,21,24-26,31H,6-8,10,12-13,15H2,1-5H3,(H,33,39)(H,34,37)(H,35,40)/t17-,18?,21+,24?,25?,26-,31+/m0/s1. The molecule has 4 rings (SSSR count). The number of carbonyl (C=O) groups is 5. The van der Waals surface area contributed by atoms with Crippen molar-refractivity contribution in [3.63, 3.8) is 0 Å². The molecule has 4 amide bonds. The Morgan fingerprint density at radius 3 is 2.53 bits per heavy atom. The van der Waals surface area contributed by atoms with Crippen molar-refractivity contribution in [3.05, 3.63) is 28.8 Å². The second-order valence-electron chi connectivity index (χ2n) is 12.4. The molecule has 11 nitrogen and oxygen atoms in total. The predicted molar refractivity (Wildman–Crippen MR) is 160 cm³/mol. The Kier molecular flexibility index (Phi) is 10.7. The largest absolute Gasteiger partial charge is 0.433 e. The van der Waals surface area contributed by atoms with Gasteiger partial charge in [0.1, 0.15) is 18.1 Å². The minimum atomic E-state index is -0.913. The first kappa shape index (κ1) is 32.7. The summed E-state index contributed by atoms with van der Waals surface area (Å²) in [6.07, 6.45) is 3.20. The normalized spacial score (nSPS) is 27.9. The van der Waals surface area contributed by atoms with Gasteiger partial charge in [0.05, 0.1) is 23.2 Å². The lowest BCUT2D eigenvalue weighted by molar-refractivity contribution is -0.191. The van der Waals surface area contributed by atoms with E-state index in [1.807, 2.05) is 0 Å². The molecule has 1 aromatic carbocycles. The number of amides is 4. The van der Waals surface area contributed by atoms with Gasteiger partial charge in [0.15, 0.2) is 0 Å². The van der Waals surface area contributed by atoms with Crippen molar-refractivity contribution in [1.82, 2.24) is 15.5 Å². The monoisotopic (exact) mass is 618 g/mol. The average molecular weight is 619 g/mol. The summed E-state index contributed by atoms with van der Waals surface area (Å²) < 4.78 is 11.9. The molecule has 0 bridgehead atoms. The highest BCUT2D eigenvalue weighted by molar-refractivity contribution is 6.34. The van der Waals surface area contributed by atoms with Crippen LogP contribution in [0.25, 0.3) is 0 Å². The molecule has 236 valence electrons. The molecule has 3 N–H and O–H groups in total. The maximum atomic E-state index is 13.4. The van der Waals surface area contributed by atoms with Crippen LogP contribution in [0.1, 0.15) is 83.5 Å². The molecule has 2 saturated heterocycles. The number of likely N-dealkylation sites (tertiary alicyclic amines) is 1. The molecule has 2 aliphatic heterocycles.